The molecule has 3 aliphatic rings. The highest BCUT2D eigenvalue weighted by Crippen LogP contribution is 2.39. The van der Waals surface area contributed by atoms with Crippen molar-refractivity contribution in [1.29, 1.82) is 0 Å². The van der Waals surface area contributed by atoms with Crippen LogP contribution in [0.5, 0.6) is 0 Å². The summed E-state index contributed by atoms with van der Waals surface area (Å²) in [7, 11) is 0. The van der Waals surface area contributed by atoms with E-state index in [4.69, 9.17) is 0 Å². The van der Waals surface area contributed by atoms with E-state index in [9.17, 15) is 9.90 Å². The van der Waals surface area contributed by atoms with Crippen LogP contribution in [0.2, 0.25) is 0 Å². The number of rotatable bonds is 2. The standard InChI is InChI=1S/C23H25N5O2/c29-20-14-27(8-7-23(20)10-16-3-1-2-4-17(16)12-25-23)22(30)19-9-21-24-11-18(15-5-6-15)13-28(21)26-19/h1-4,9,11,13,15,20,25,29H,5-8,10,12,14H2/t20-,23+/m1/s1. The number of aliphatic hydroxyl groups is 1. The second-order valence-corrected chi connectivity index (χ2v) is 8.97. The number of aliphatic hydroxyl groups excluding tert-OH is 1. The third-order valence-corrected chi connectivity index (χ3v) is 7.00. The Balaban J connectivity index is 1.20. The van der Waals surface area contributed by atoms with Crippen molar-refractivity contribution in [3.63, 3.8) is 0 Å². The fourth-order valence-electron chi connectivity index (χ4n) is 4.93. The van der Waals surface area contributed by atoms with E-state index < -0.39 is 6.10 Å². The van der Waals surface area contributed by atoms with Gasteiger partial charge in [0.15, 0.2) is 11.3 Å². The number of amides is 1. The van der Waals surface area contributed by atoms with Gasteiger partial charge >= 0.3 is 0 Å². The Morgan fingerprint density at radius 1 is 1.23 bits per heavy atom. The molecule has 2 N–H and O–H groups in total. The second kappa shape index (κ2) is 6.62. The van der Waals surface area contributed by atoms with Crippen molar-refractivity contribution in [3.8, 4) is 0 Å². The van der Waals surface area contributed by atoms with Crippen LogP contribution >= 0.6 is 0 Å². The molecule has 2 fully saturated rings. The number of likely N-dealkylation sites (tertiary alicyclic amines) is 1. The van der Waals surface area contributed by atoms with Crippen molar-refractivity contribution in [2.75, 3.05) is 13.1 Å². The first-order chi connectivity index (χ1) is 14.6. The molecule has 1 aromatic carbocycles. The fourth-order valence-corrected chi connectivity index (χ4v) is 4.93. The number of nitrogens with zero attached hydrogens (tertiary/aromatic N) is 4. The van der Waals surface area contributed by atoms with Gasteiger partial charge in [0.1, 0.15) is 0 Å². The van der Waals surface area contributed by atoms with E-state index in [1.165, 1.54) is 29.5 Å². The summed E-state index contributed by atoms with van der Waals surface area (Å²) in [6.07, 6.45) is 7.16. The van der Waals surface area contributed by atoms with Crippen LogP contribution in [0.15, 0.2) is 42.7 Å². The quantitative estimate of drug-likeness (QED) is 0.683. The molecule has 7 nitrogen and oxygen atoms in total. The highest BCUT2D eigenvalue weighted by atomic mass is 16.3. The summed E-state index contributed by atoms with van der Waals surface area (Å²) in [5.74, 6) is 0.449. The maximum atomic E-state index is 13.1. The molecule has 2 aliphatic heterocycles. The van der Waals surface area contributed by atoms with Gasteiger partial charge in [-0.1, -0.05) is 24.3 Å². The molecule has 0 bridgehead atoms. The zero-order valence-corrected chi connectivity index (χ0v) is 16.8. The molecule has 1 saturated heterocycles. The van der Waals surface area contributed by atoms with Gasteiger partial charge in [-0.25, -0.2) is 9.50 Å². The Kier molecular flexibility index (Phi) is 3.98. The molecular weight excluding hydrogens is 378 g/mol. The van der Waals surface area contributed by atoms with Crippen LogP contribution in [0.4, 0.5) is 0 Å². The number of β-amino-alcohol motifs (C(OH)–C–C–N with tert-alkyl or cyclic N) is 1. The van der Waals surface area contributed by atoms with Gasteiger partial charge in [-0.2, -0.15) is 5.10 Å². The lowest BCUT2D eigenvalue weighted by Crippen LogP contribution is -2.65. The van der Waals surface area contributed by atoms with Crippen LogP contribution in [0.25, 0.3) is 5.65 Å². The molecule has 2 atom stereocenters. The number of aromatic nitrogens is 3. The third-order valence-electron chi connectivity index (χ3n) is 7.00. The number of carbonyl (C=O) groups excluding carboxylic acids is 1. The lowest BCUT2D eigenvalue weighted by atomic mass is 9.76. The van der Waals surface area contributed by atoms with E-state index in [0.717, 1.165) is 13.0 Å². The Morgan fingerprint density at radius 2 is 2.07 bits per heavy atom. The van der Waals surface area contributed by atoms with Crippen molar-refractivity contribution in [1.82, 2.24) is 24.8 Å². The van der Waals surface area contributed by atoms with Crippen LogP contribution in [0, 0.1) is 0 Å². The summed E-state index contributed by atoms with van der Waals surface area (Å²) in [5, 5.41) is 19.1. The summed E-state index contributed by atoms with van der Waals surface area (Å²) in [6.45, 7) is 1.66. The molecule has 1 spiro atoms. The first-order valence-electron chi connectivity index (χ1n) is 10.8. The first kappa shape index (κ1) is 18.0. The molecule has 3 aromatic rings. The van der Waals surface area contributed by atoms with E-state index in [2.05, 4.69) is 33.6 Å². The summed E-state index contributed by atoms with van der Waals surface area (Å²) in [6, 6.07) is 10.1. The van der Waals surface area contributed by atoms with Crippen LogP contribution in [0.3, 0.4) is 0 Å². The monoisotopic (exact) mass is 403 g/mol. The minimum atomic E-state index is -0.625. The number of piperidine rings is 1. The van der Waals surface area contributed by atoms with Crippen LogP contribution < -0.4 is 5.32 Å². The number of nitrogens with one attached hydrogen (secondary N) is 1. The number of fused-ring (bicyclic) bond motifs is 2. The van der Waals surface area contributed by atoms with Gasteiger partial charge in [-0.3, -0.25) is 4.79 Å². The van der Waals surface area contributed by atoms with Gasteiger partial charge in [0.2, 0.25) is 0 Å². The molecule has 30 heavy (non-hydrogen) atoms. The highest BCUT2D eigenvalue weighted by molar-refractivity contribution is 5.93. The maximum absolute atomic E-state index is 13.1. The molecule has 0 unspecified atom stereocenters. The van der Waals surface area contributed by atoms with Gasteiger partial charge in [-0.05, 0) is 48.3 Å². The van der Waals surface area contributed by atoms with Crippen LogP contribution in [0.1, 0.15) is 52.4 Å². The highest BCUT2D eigenvalue weighted by Gasteiger charge is 2.45. The molecule has 2 aromatic heterocycles. The Morgan fingerprint density at radius 3 is 2.87 bits per heavy atom. The van der Waals surface area contributed by atoms with E-state index in [0.29, 0.717) is 36.8 Å². The second-order valence-electron chi connectivity index (χ2n) is 8.97. The van der Waals surface area contributed by atoms with Crippen molar-refractivity contribution in [2.24, 2.45) is 0 Å². The van der Waals surface area contributed by atoms with E-state index in [1.807, 2.05) is 18.5 Å². The number of carbonyl (C=O) groups is 1. The normalized spacial score (nSPS) is 26.2. The molecule has 0 radical (unpaired) electrons. The maximum Gasteiger partial charge on any atom is 0.274 e. The van der Waals surface area contributed by atoms with Crippen molar-refractivity contribution < 1.29 is 9.90 Å². The fraction of sp³-hybridized carbons (Fsp3) is 0.435. The molecule has 7 heteroatoms. The largest absolute Gasteiger partial charge is 0.389 e. The summed E-state index contributed by atoms with van der Waals surface area (Å²) >= 11 is 0. The smallest absolute Gasteiger partial charge is 0.274 e. The average molecular weight is 403 g/mol. The summed E-state index contributed by atoms with van der Waals surface area (Å²) < 4.78 is 1.71. The summed E-state index contributed by atoms with van der Waals surface area (Å²) in [5.41, 5.74) is 4.46. The zero-order chi connectivity index (χ0) is 20.3. The van der Waals surface area contributed by atoms with Crippen LogP contribution in [-0.2, 0) is 13.0 Å². The van der Waals surface area contributed by atoms with Gasteiger partial charge in [0, 0.05) is 38.1 Å². The van der Waals surface area contributed by atoms with Crippen molar-refractivity contribution in [2.45, 2.75) is 49.8 Å². The topological polar surface area (TPSA) is 82.8 Å². The zero-order valence-electron chi connectivity index (χ0n) is 16.8. The third kappa shape index (κ3) is 2.92. The number of benzene rings is 1. The molecule has 6 rings (SSSR count). The Bertz CT molecular complexity index is 1140. The minimum absolute atomic E-state index is 0.140. The van der Waals surface area contributed by atoms with Gasteiger partial charge in [0.05, 0.1) is 11.6 Å². The molecule has 4 heterocycles. The minimum Gasteiger partial charge on any atom is -0.389 e. The number of hydrogen-bond acceptors (Lipinski definition) is 5. The van der Waals surface area contributed by atoms with E-state index >= 15 is 0 Å². The Hall–Kier alpha value is -2.77. The summed E-state index contributed by atoms with van der Waals surface area (Å²) in [4.78, 5) is 19.3. The van der Waals surface area contributed by atoms with Gasteiger partial charge < -0.3 is 15.3 Å². The molecular formula is C23H25N5O2. The van der Waals surface area contributed by atoms with Gasteiger partial charge in [0.25, 0.3) is 5.91 Å². The molecule has 1 amide bonds. The molecule has 1 saturated carbocycles. The lowest BCUT2D eigenvalue weighted by Gasteiger charge is -2.48. The van der Waals surface area contributed by atoms with E-state index in [-0.39, 0.29) is 11.4 Å². The number of hydrogen-bond donors (Lipinski definition) is 2. The van der Waals surface area contributed by atoms with E-state index in [1.54, 1.807) is 15.5 Å². The first-order valence-corrected chi connectivity index (χ1v) is 10.8. The predicted octanol–water partition coefficient (Wildman–Crippen LogP) is 1.90. The van der Waals surface area contributed by atoms with Crippen molar-refractivity contribution >= 4 is 11.6 Å². The Labute approximate surface area is 174 Å². The van der Waals surface area contributed by atoms with Crippen molar-refractivity contribution in [3.05, 3.63) is 65.1 Å². The van der Waals surface area contributed by atoms with Gasteiger partial charge in [-0.15, -0.1) is 0 Å². The lowest BCUT2D eigenvalue weighted by molar-refractivity contribution is -0.0140. The predicted molar refractivity (Wildman–Crippen MR) is 111 cm³/mol. The molecule has 1 aliphatic carbocycles. The van der Waals surface area contributed by atoms with Crippen LogP contribution in [-0.4, -0.2) is 55.2 Å². The average Bonchev–Trinajstić information content (AvgIpc) is 3.53. The SMILES string of the molecule is O=C(c1cc2ncc(C3CC3)cn2n1)N1CC[C@]2(Cc3ccccc3CN2)[C@H](O)C1. The molecule has 154 valence electrons.